The second-order valence-electron chi connectivity index (χ2n) is 4.90. The third-order valence-corrected chi connectivity index (χ3v) is 3.23. The van der Waals surface area contributed by atoms with E-state index in [0.29, 0.717) is 19.3 Å². The van der Waals surface area contributed by atoms with Crippen LogP contribution in [0.25, 0.3) is 0 Å². The molecule has 1 aliphatic rings. The Balaban J connectivity index is 1.89. The molecule has 18 heavy (non-hydrogen) atoms. The van der Waals surface area contributed by atoms with Crippen molar-refractivity contribution >= 4 is 5.91 Å². The predicted octanol–water partition coefficient (Wildman–Crippen LogP) is 2.18. The molecule has 0 heterocycles. The molecule has 1 aromatic rings. The molecule has 1 saturated carbocycles. The topological polar surface area (TPSA) is 52.9 Å². The van der Waals surface area contributed by atoms with Crippen molar-refractivity contribution in [3.63, 3.8) is 0 Å². The maximum absolute atomic E-state index is 12.7. The number of amides is 1. The summed E-state index contributed by atoms with van der Waals surface area (Å²) < 4.78 is 12.7. The summed E-state index contributed by atoms with van der Waals surface area (Å²) in [5.41, 5.74) is 0.183. The fourth-order valence-corrected chi connectivity index (χ4v) is 1.90. The van der Waals surface area contributed by atoms with Crippen LogP contribution in [0.15, 0.2) is 24.3 Å². The highest BCUT2D eigenvalue weighted by Crippen LogP contribution is 2.45. The highest BCUT2D eigenvalue weighted by Gasteiger charge is 2.50. The van der Waals surface area contributed by atoms with Crippen LogP contribution in [0.2, 0.25) is 0 Å². The van der Waals surface area contributed by atoms with E-state index in [2.05, 4.69) is 11.4 Å². The molecule has 1 atom stereocenters. The predicted molar refractivity (Wildman–Crippen MR) is 65.0 cm³/mol. The number of nitriles is 1. The van der Waals surface area contributed by atoms with Gasteiger partial charge in [-0.3, -0.25) is 4.79 Å². The number of nitrogens with zero attached hydrogens (tertiary/aromatic N) is 1. The molecule has 0 radical (unpaired) electrons. The van der Waals surface area contributed by atoms with Gasteiger partial charge < -0.3 is 5.32 Å². The molecule has 2 rings (SSSR count). The molecule has 1 unspecified atom stereocenters. The quantitative estimate of drug-likeness (QED) is 0.885. The standard InChI is InChI=1S/C14H15FN2O/c1-10(8-11-2-4-12(15)5-3-11)17-13(18)14(9-16)6-7-14/h2-5,10H,6-8H2,1H3,(H,17,18). The molecular weight excluding hydrogens is 231 g/mol. The summed E-state index contributed by atoms with van der Waals surface area (Å²) in [7, 11) is 0. The lowest BCUT2D eigenvalue weighted by atomic mass is 10.0. The minimum Gasteiger partial charge on any atom is -0.352 e. The molecule has 94 valence electrons. The fraction of sp³-hybridized carbons (Fsp3) is 0.429. The van der Waals surface area contributed by atoms with Crippen molar-refractivity contribution in [1.82, 2.24) is 5.32 Å². The van der Waals surface area contributed by atoms with Crippen molar-refractivity contribution < 1.29 is 9.18 Å². The second-order valence-corrected chi connectivity index (χ2v) is 4.90. The van der Waals surface area contributed by atoms with Gasteiger partial charge in [-0.2, -0.15) is 5.26 Å². The van der Waals surface area contributed by atoms with Gasteiger partial charge in [0, 0.05) is 6.04 Å². The lowest BCUT2D eigenvalue weighted by Gasteiger charge is -2.15. The minimum atomic E-state index is -0.781. The maximum Gasteiger partial charge on any atom is 0.240 e. The summed E-state index contributed by atoms with van der Waals surface area (Å²) in [6, 6.07) is 8.22. The van der Waals surface area contributed by atoms with Crippen molar-refractivity contribution in [2.75, 3.05) is 0 Å². The Morgan fingerprint density at radius 2 is 2.11 bits per heavy atom. The van der Waals surface area contributed by atoms with E-state index in [9.17, 15) is 9.18 Å². The lowest BCUT2D eigenvalue weighted by molar-refractivity contribution is -0.125. The first kappa shape index (κ1) is 12.6. The van der Waals surface area contributed by atoms with Gasteiger partial charge >= 0.3 is 0 Å². The highest BCUT2D eigenvalue weighted by molar-refractivity contribution is 5.88. The van der Waals surface area contributed by atoms with Crippen molar-refractivity contribution in [2.24, 2.45) is 5.41 Å². The highest BCUT2D eigenvalue weighted by atomic mass is 19.1. The number of rotatable bonds is 4. The number of carbonyl (C=O) groups excluding carboxylic acids is 1. The van der Waals surface area contributed by atoms with Crippen LogP contribution in [-0.4, -0.2) is 11.9 Å². The van der Waals surface area contributed by atoms with Crippen molar-refractivity contribution in [3.8, 4) is 6.07 Å². The molecule has 1 fully saturated rings. The Morgan fingerprint density at radius 3 is 2.61 bits per heavy atom. The SMILES string of the molecule is CC(Cc1ccc(F)cc1)NC(=O)C1(C#N)CC1. The van der Waals surface area contributed by atoms with Gasteiger partial charge in [0.1, 0.15) is 11.2 Å². The first-order chi connectivity index (χ1) is 8.55. The fourth-order valence-electron chi connectivity index (χ4n) is 1.90. The van der Waals surface area contributed by atoms with Crippen LogP contribution in [0, 0.1) is 22.6 Å². The van der Waals surface area contributed by atoms with Crippen molar-refractivity contribution in [1.29, 1.82) is 5.26 Å². The van der Waals surface area contributed by atoms with Gasteiger partial charge in [0.25, 0.3) is 0 Å². The van der Waals surface area contributed by atoms with E-state index in [1.54, 1.807) is 12.1 Å². The van der Waals surface area contributed by atoms with E-state index in [1.165, 1.54) is 12.1 Å². The van der Waals surface area contributed by atoms with Gasteiger partial charge in [-0.25, -0.2) is 4.39 Å². The van der Waals surface area contributed by atoms with E-state index in [1.807, 2.05) is 6.92 Å². The summed E-state index contributed by atoms with van der Waals surface area (Å²) in [6.45, 7) is 1.88. The van der Waals surface area contributed by atoms with Gasteiger partial charge in [-0.15, -0.1) is 0 Å². The summed E-state index contributed by atoms with van der Waals surface area (Å²) in [6.07, 6.45) is 1.94. The molecule has 1 N–H and O–H groups in total. The van der Waals surface area contributed by atoms with Crippen LogP contribution in [0.5, 0.6) is 0 Å². The number of carbonyl (C=O) groups is 1. The molecule has 0 saturated heterocycles. The molecule has 3 nitrogen and oxygen atoms in total. The Morgan fingerprint density at radius 1 is 1.50 bits per heavy atom. The Labute approximate surface area is 106 Å². The Kier molecular flexibility index (Phi) is 3.33. The summed E-state index contributed by atoms with van der Waals surface area (Å²) >= 11 is 0. The summed E-state index contributed by atoms with van der Waals surface area (Å²) in [5.74, 6) is -0.448. The van der Waals surface area contributed by atoms with E-state index < -0.39 is 5.41 Å². The third-order valence-electron chi connectivity index (χ3n) is 3.23. The summed E-state index contributed by atoms with van der Waals surface area (Å²) in [5, 5.41) is 11.7. The number of hydrogen-bond acceptors (Lipinski definition) is 2. The monoisotopic (exact) mass is 246 g/mol. The van der Waals surface area contributed by atoms with E-state index >= 15 is 0 Å². The van der Waals surface area contributed by atoms with Crippen LogP contribution in [0.4, 0.5) is 4.39 Å². The average Bonchev–Trinajstić information content (AvgIpc) is 3.13. The average molecular weight is 246 g/mol. The van der Waals surface area contributed by atoms with Gasteiger partial charge in [0.2, 0.25) is 5.91 Å². The number of hydrogen-bond donors (Lipinski definition) is 1. The van der Waals surface area contributed by atoms with Crippen LogP contribution >= 0.6 is 0 Å². The first-order valence-electron chi connectivity index (χ1n) is 6.02. The Hall–Kier alpha value is -1.89. The van der Waals surface area contributed by atoms with Gasteiger partial charge in [-0.1, -0.05) is 12.1 Å². The van der Waals surface area contributed by atoms with Crippen LogP contribution in [-0.2, 0) is 11.2 Å². The molecule has 0 bridgehead atoms. The molecule has 0 aliphatic heterocycles. The number of halogens is 1. The molecule has 4 heteroatoms. The molecule has 1 aliphatic carbocycles. The van der Waals surface area contributed by atoms with Crippen LogP contribution in [0.3, 0.4) is 0 Å². The van der Waals surface area contributed by atoms with Gasteiger partial charge in [-0.05, 0) is 43.9 Å². The lowest BCUT2D eigenvalue weighted by Crippen LogP contribution is -2.38. The second kappa shape index (κ2) is 4.77. The molecule has 1 aromatic carbocycles. The third kappa shape index (κ3) is 2.67. The molecule has 0 spiro atoms. The largest absolute Gasteiger partial charge is 0.352 e. The number of nitrogens with one attached hydrogen (secondary N) is 1. The summed E-state index contributed by atoms with van der Waals surface area (Å²) in [4.78, 5) is 11.8. The molecule has 0 aromatic heterocycles. The minimum absolute atomic E-state index is 0.0613. The first-order valence-corrected chi connectivity index (χ1v) is 6.02. The van der Waals surface area contributed by atoms with E-state index in [4.69, 9.17) is 5.26 Å². The van der Waals surface area contributed by atoms with E-state index in [-0.39, 0.29) is 17.8 Å². The molecule has 1 amide bonds. The van der Waals surface area contributed by atoms with Crippen molar-refractivity contribution in [2.45, 2.75) is 32.2 Å². The maximum atomic E-state index is 12.7. The normalized spacial score (nSPS) is 17.6. The van der Waals surface area contributed by atoms with E-state index in [0.717, 1.165) is 5.56 Å². The van der Waals surface area contributed by atoms with Crippen LogP contribution in [0.1, 0.15) is 25.3 Å². The zero-order valence-electron chi connectivity index (χ0n) is 10.2. The van der Waals surface area contributed by atoms with Gasteiger partial charge in [0.15, 0.2) is 0 Å². The zero-order chi connectivity index (χ0) is 13.2. The van der Waals surface area contributed by atoms with Gasteiger partial charge in [0.05, 0.1) is 6.07 Å². The smallest absolute Gasteiger partial charge is 0.240 e. The molecular formula is C14H15FN2O. The Bertz CT molecular complexity index is 486. The van der Waals surface area contributed by atoms with Crippen LogP contribution < -0.4 is 5.32 Å². The zero-order valence-corrected chi connectivity index (χ0v) is 10.2. The number of benzene rings is 1. The van der Waals surface area contributed by atoms with Crippen molar-refractivity contribution in [3.05, 3.63) is 35.6 Å².